The highest BCUT2D eigenvalue weighted by Crippen LogP contribution is 2.47. The average molecular weight is 342 g/mol. The summed E-state index contributed by atoms with van der Waals surface area (Å²) in [5, 5.41) is 20.8. The average Bonchev–Trinajstić information content (AvgIpc) is 3.34. The van der Waals surface area contributed by atoms with Crippen molar-refractivity contribution >= 4 is 10.8 Å². The summed E-state index contributed by atoms with van der Waals surface area (Å²) in [6.45, 7) is 0.284. The second-order valence-electron chi connectivity index (χ2n) is 5.86. The number of rotatable bonds is 1. The Labute approximate surface area is 148 Å². The van der Waals surface area contributed by atoms with Gasteiger partial charge in [-0.1, -0.05) is 12.1 Å². The quantitative estimate of drug-likeness (QED) is 0.670. The van der Waals surface area contributed by atoms with E-state index >= 15 is 0 Å². The van der Waals surface area contributed by atoms with Crippen molar-refractivity contribution in [2.45, 2.75) is 0 Å². The normalized spacial score (nSPS) is 13.5. The molecule has 124 valence electrons. The van der Waals surface area contributed by atoms with Crippen molar-refractivity contribution in [3.05, 3.63) is 47.5 Å². The molecule has 5 rings (SSSR count). The van der Waals surface area contributed by atoms with E-state index in [0.29, 0.717) is 39.7 Å². The summed E-state index contributed by atoms with van der Waals surface area (Å²) in [5.41, 5.74) is 1.98. The van der Waals surface area contributed by atoms with Crippen molar-refractivity contribution in [3.8, 4) is 46.3 Å². The molecule has 3 aromatic carbocycles. The molecular weight excluding hydrogens is 332 g/mol. The van der Waals surface area contributed by atoms with Crippen LogP contribution in [0, 0.1) is 22.7 Å². The van der Waals surface area contributed by atoms with E-state index in [9.17, 15) is 10.5 Å². The summed E-state index contributed by atoms with van der Waals surface area (Å²) < 4.78 is 22.0. The van der Waals surface area contributed by atoms with Gasteiger partial charge in [0.2, 0.25) is 13.6 Å². The van der Waals surface area contributed by atoms with E-state index in [0.717, 1.165) is 16.3 Å². The predicted octanol–water partition coefficient (Wildman–Crippen LogP) is 3.71. The monoisotopic (exact) mass is 342 g/mol. The lowest BCUT2D eigenvalue weighted by atomic mass is 9.89. The Morgan fingerprint density at radius 2 is 1.54 bits per heavy atom. The molecule has 2 aliphatic heterocycles. The highest BCUT2D eigenvalue weighted by Gasteiger charge is 2.25. The van der Waals surface area contributed by atoms with Crippen molar-refractivity contribution in [2.75, 3.05) is 13.6 Å². The van der Waals surface area contributed by atoms with Gasteiger partial charge in [-0.05, 0) is 35.2 Å². The lowest BCUT2D eigenvalue weighted by Crippen LogP contribution is -1.95. The van der Waals surface area contributed by atoms with Gasteiger partial charge in [-0.3, -0.25) is 0 Å². The van der Waals surface area contributed by atoms with Crippen LogP contribution in [0.25, 0.3) is 21.9 Å². The minimum atomic E-state index is 0.122. The van der Waals surface area contributed by atoms with Crippen molar-refractivity contribution < 1.29 is 18.9 Å². The molecule has 2 aliphatic rings. The van der Waals surface area contributed by atoms with Crippen molar-refractivity contribution in [3.63, 3.8) is 0 Å². The highest BCUT2D eigenvalue weighted by molar-refractivity contribution is 6.06. The Hall–Kier alpha value is -3.90. The summed E-state index contributed by atoms with van der Waals surface area (Å²) >= 11 is 0. The SMILES string of the molecule is N#Cc1cc2ccc3c(c2c(-c2ccc4c(c2)OCO4)c1C#N)OCO3. The molecule has 6 nitrogen and oxygen atoms in total. The first-order chi connectivity index (χ1) is 12.8. The fourth-order valence-corrected chi connectivity index (χ4v) is 3.40. The highest BCUT2D eigenvalue weighted by atomic mass is 16.7. The smallest absolute Gasteiger partial charge is 0.231 e. The number of ether oxygens (including phenoxy) is 4. The van der Waals surface area contributed by atoms with Crippen LogP contribution in [0.1, 0.15) is 11.1 Å². The molecule has 0 aromatic heterocycles. The van der Waals surface area contributed by atoms with Crippen molar-refractivity contribution in [2.24, 2.45) is 0 Å². The van der Waals surface area contributed by atoms with Crippen LogP contribution in [-0.2, 0) is 0 Å². The Morgan fingerprint density at radius 3 is 2.38 bits per heavy atom. The first-order valence-corrected chi connectivity index (χ1v) is 7.89. The molecule has 0 saturated carbocycles. The third kappa shape index (κ3) is 1.90. The third-order valence-corrected chi connectivity index (χ3v) is 4.53. The molecule has 0 fully saturated rings. The van der Waals surface area contributed by atoms with Gasteiger partial charge in [-0.15, -0.1) is 0 Å². The molecule has 3 aromatic rings. The first kappa shape index (κ1) is 14.4. The van der Waals surface area contributed by atoms with Gasteiger partial charge in [0.05, 0.1) is 11.1 Å². The lowest BCUT2D eigenvalue weighted by molar-refractivity contribution is 0.174. The predicted molar refractivity (Wildman–Crippen MR) is 91.1 cm³/mol. The molecule has 0 aliphatic carbocycles. The topological polar surface area (TPSA) is 84.5 Å². The Kier molecular flexibility index (Phi) is 2.95. The summed E-state index contributed by atoms with van der Waals surface area (Å²) in [6.07, 6.45) is 0. The van der Waals surface area contributed by atoms with E-state index in [2.05, 4.69) is 12.1 Å². The van der Waals surface area contributed by atoms with Crippen LogP contribution in [0.5, 0.6) is 23.0 Å². The summed E-state index contributed by atoms with van der Waals surface area (Å²) in [5.74, 6) is 2.45. The van der Waals surface area contributed by atoms with Gasteiger partial charge >= 0.3 is 0 Å². The maximum atomic E-state index is 9.76. The molecule has 0 saturated heterocycles. The first-order valence-electron chi connectivity index (χ1n) is 7.89. The Balaban J connectivity index is 1.92. The number of hydrogen-bond acceptors (Lipinski definition) is 6. The number of fused-ring (bicyclic) bond motifs is 4. The maximum Gasteiger partial charge on any atom is 0.231 e. The van der Waals surface area contributed by atoms with Gasteiger partial charge in [-0.25, -0.2) is 0 Å². The molecule has 0 bridgehead atoms. The van der Waals surface area contributed by atoms with Crippen molar-refractivity contribution in [1.29, 1.82) is 10.5 Å². The number of hydrogen-bond donors (Lipinski definition) is 0. The number of nitriles is 2. The zero-order chi connectivity index (χ0) is 17.7. The van der Waals surface area contributed by atoms with Gasteiger partial charge in [-0.2, -0.15) is 10.5 Å². The zero-order valence-corrected chi connectivity index (χ0v) is 13.4. The lowest BCUT2D eigenvalue weighted by Gasteiger charge is -2.13. The Morgan fingerprint density at radius 1 is 0.769 bits per heavy atom. The minimum absolute atomic E-state index is 0.122. The molecule has 0 radical (unpaired) electrons. The molecule has 2 heterocycles. The molecule has 26 heavy (non-hydrogen) atoms. The second-order valence-corrected chi connectivity index (χ2v) is 5.86. The fourth-order valence-electron chi connectivity index (χ4n) is 3.40. The van der Waals surface area contributed by atoms with Crippen LogP contribution in [0.15, 0.2) is 36.4 Å². The van der Waals surface area contributed by atoms with E-state index in [1.54, 1.807) is 18.2 Å². The van der Waals surface area contributed by atoms with E-state index in [-0.39, 0.29) is 13.6 Å². The largest absolute Gasteiger partial charge is 0.454 e. The van der Waals surface area contributed by atoms with Crippen LogP contribution in [0.3, 0.4) is 0 Å². The summed E-state index contributed by atoms with van der Waals surface area (Å²) in [4.78, 5) is 0. The second kappa shape index (κ2) is 5.30. The zero-order valence-electron chi connectivity index (χ0n) is 13.4. The molecule has 0 N–H and O–H groups in total. The molecule has 0 amide bonds. The molecular formula is C20H10N2O4. The van der Waals surface area contributed by atoms with Gasteiger partial charge in [0, 0.05) is 10.9 Å². The molecule has 0 spiro atoms. The van der Waals surface area contributed by atoms with Gasteiger partial charge in [0.1, 0.15) is 12.1 Å². The van der Waals surface area contributed by atoms with Crippen LogP contribution in [0.2, 0.25) is 0 Å². The van der Waals surface area contributed by atoms with Crippen LogP contribution >= 0.6 is 0 Å². The van der Waals surface area contributed by atoms with Crippen LogP contribution in [-0.4, -0.2) is 13.6 Å². The van der Waals surface area contributed by atoms with Gasteiger partial charge in [0.15, 0.2) is 23.0 Å². The van der Waals surface area contributed by atoms with Crippen molar-refractivity contribution in [1.82, 2.24) is 0 Å². The molecule has 0 atom stereocenters. The van der Waals surface area contributed by atoms with E-state index < -0.39 is 0 Å². The molecule has 6 heteroatoms. The van der Waals surface area contributed by atoms with Crippen LogP contribution < -0.4 is 18.9 Å². The molecule has 0 unspecified atom stereocenters. The van der Waals surface area contributed by atoms with Gasteiger partial charge < -0.3 is 18.9 Å². The Bertz CT molecular complexity index is 1170. The van der Waals surface area contributed by atoms with E-state index in [1.165, 1.54) is 0 Å². The third-order valence-electron chi connectivity index (χ3n) is 4.53. The van der Waals surface area contributed by atoms with E-state index in [4.69, 9.17) is 18.9 Å². The minimum Gasteiger partial charge on any atom is -0.454 e. The van der Waals surface area contributed by atoms with E-state index in [1.807, 2.05) is 18.2 Å². The fraction of sp³-hybridized carbons (Fsp3) is 0.100. The summed E-state index contributed by atoms with van der Waals surface area (Å²) in [6, 6.07) is 15.1. The van der Waals surface area contributed by atoms with Gasteiger partial charge in [0.25, 0.3) is 0 Å². The summed E-state index contributed by atoms with van der Waals surface area (Å²) in [7, 11) is 0. The maximum absolute atomic E-state index is 9.76. The van der Waals surface area contributed by atoms with Crippen LogP contribution in [0.4, 0.5) is 0 Å². The standard InChI is InChI=1S/C20H10N2O4/c21-7-13-5-11-2-4-16-20(26-10-24-16)19(11)18(14(13)8-22)12-1-3-15-17(6-12)25-9-23-15/h1-6H,9-10H2. The number of benzene rings is 3. The number of nitrogens with zero attached hydrogens (tertiary/aromatic N) is 2.